The summed E-state index contributed by atoms with van der Waals surface area (Å²) in [6, 6.07) is 8.48. The summed E-state index contributed by atoms with van der Waals surface area (Å²) in [5.41, 5.74) is 9.05. The van der Waals surface area contributed by atoms with Gasteiger partial charge in [-0.15, -0.1) is 5.10 Å². The molecule has 0 bridgehead atoms. The van der Waals surface area contributed by atoms with Crippen molar-refractivity contribution in [2.24, 2.45) is 5.73 Å². The van der Waals surface area contributed by atoms with E-state index in [1.807, 2.05) is 31.2 Å². The zero-order valence-corrected chi connectivity index (χ0v) is 14.4. The molecule has 1 aromatic carbocycles. The number of rotatable bonds is 3. The number of aromatic nitrogens is 5. The fraction of sp³-hybridized carbons (Fsp3) is 0.333. The molecule has 3 aromatic heterocycles. The molecule has 26 heavy (non-hydrogen) atoms. The minimum absolute atomic E-state index is 0.258. The van der Waals surface area contributed by atoms with Crippen molar-refractivity contribution in [2.75, 3.05) is 5.32 Å². The van der Waals surface area contributed by atoms with Crippen molar-refractivity contribution in [1.82, 2.24) is 25.0 Å². The van der Waals surface area contributed by atoms with E-state index in [9.17, 15) is 0 Å². The van der Waals surface area contributed by atoms with Crippen molar-refractivity contribution in [2.45, 2.75) is 38.3 Å². The molecular weight excluding hydrogens is 330 g/mol. The second-order valence-electron chi connectivity index (χ2n) is 6.90. The van der Waals surface area contributed by atoms with Gasteiger partial charge in [-0.25, -0.2) is 4.98 Å². The van der Waals surface area contributed by atoms with Crippen LogP contribution in [-0.2, 0) is 0 Å². The highest BCUT2D eigenvalue weighted by Gasteiger charge is 2.22. The first-order valence-electron chi connectivity index (χ1n) is 8.77. The van der Waals surface area contributed by atoms with Gasteiger partial charge in [0.05, 0.1) is 11.9 Å². The molecule has 5 rings (SSSR count). The van der Waals surface area contributed by atoms with Gasteiger partial charge in [-0.05, 0) is 50.5 Å². The van der Waals surface area contributed by atoms with E-state index in [4.69, 9.17) is 10.2 Å². The second-order valence-corrected chi connectivity index (χ2v) is 6.90. The van der Waals surface area contributed by atoms with E-state index >= 15 is 0 Å². The maximum absolute atomic E-state index is 5.99. The van der Waals surface area contributed by atoms with E-state index < -0.39 is 0 Å². The average molecular weight is 349 g/mol. The molecular formula is C18H19N7O. The second kappa shape index (κ2) is 5.77. The summed E-state index contributed by atoms with van der Waals surface area (Å²) in [5.74, 6) is 1.46. The number of anilines is 1. The SMILES string of the molecule is Cc1cc2cc(-n3nnc4cnc(N[C@@H]5CC[C@@H](N)C5)nc43)ccc2o1. The molecule has 1 aliphatic rings. The molecule has 1 aliphatic carbocycles. The monoisotopic (exact) mass is 349 g/mol. The van der Waals surface area contributed by atoms with Crippen LogP contribution in [-0.4, -0.2) is 37.0 Å². The molecule has 0 radical (unpaired) electrons. The summed E-state index contributed by atoms with van der Waals surface area (Å²) < 4.78 is 7.37. The normalized spacial score (nSPS) is 20.2. The molecule has 8 heteroatoms. The Labute approximate surface area is 149 Å². The third-order valence-corrected chi connectivity index (χ3v) is 4.87. The maximum atomic E-state index is 5.99. The van der Waals surface area contributed by atoms with Gasteiger partial charge in [-0.1, -0.05) is 5.21 Å². The fourth-order valence-corrected chi connectivity index (χ4v) is 3.60. The van der Waals surface area contributed by atoms with Gasteiger partial charge in [0.25, 0.3) is 0 Å². The summed E-state index contributed by atoms with van der Waals surface area (Å²) in [4.78, 5) is 9.00. The highest BCUT2D eigenvalue weighted by molar-refractivity contribution is 5.81. The van der Waals surface area contributed by atoms with Gasteiger partial charge < -0.3 is 15.5 Å². The summed E-state index contributed by atoms with van der Waals surface area (Å²) >= 11 is 0. The van der Waals surface area contributed by atoms with Crippen LogP contribution in [0.4, 0.5) is 5.95 Å². The molecule has 0 spiro atoms. The van der Waals surface area contributed by atoms with Crippen molar-refractivity contribution >= 4 is 28.1 Å². The lowest BCUT2D eigenvalue weighted by Gasteiger charge is -2.11. The number of fused-ring (bicyclic) bond motifs is 2. The Balaban J connectivity index is 1.53. The van der Waals surface area contributed by atoms with E-state index in [0.29, 0.717) is 23.2 Å². The van der Waals surface area contributed by atoms with Gasteiger partial charge >= 0.3 is 0 Å². The van der Waals surface area contributed by atoms with Crippen LogP contribution in [0.5, 0.6) is 0 Å². The molecule has 3 heterocycles. The largest absolute Gasteiger partial charge is 0.461 e. The van der Waals surface area contributed by atoms with Gasteiger partial charge in [0.2, 0.25) is 5.95 Å². The quantitative estimate of drug-likeness (QED) is 0.585. The Hall–Kier alpha value is -3.00. The van der Waals surface area contributed by atoms with E-state index in [-0.39, 0.29) is 6.04 Å². The van der Waals surface area contributed by atoms with Crippen LogP contribution in [0, 0.1) is 6.92 Å². The molecule has 132 valence electrons. The molecule has 3 N–H and O–H groups in total. The van der Waals surface area contributed by atoms with Gasteiger partial charge in [-0.2, -0.15) is 9.67 Å². The first-order chi connectivity index (χ1) is 12.7. The van der Waals surface area contributed by atoms with Crippen LogP contribution >= 0.6 is 0 Å². The van der Waals surface area contributed by atoms with Crippen molar-refractivity contribution in [3.05, 3.63) is 36.2 Å². The highest BCUT2D eigenvalue weighted by Crippen LogP contribution is 2.24. The number of hydrogen-bond donors (Lipinski definition) is 2. The Kier molecular flexibility index (Phi) is 3.39. The number of furan rings is 1. The van der Waals surface area contributed by atoms with Crippen molar-refractivity contribution in [1.29, 1.82) is 0 Å². The van der Waals surface area contributed by atoms with Gasteiger partial charge in [0.15, 0.2) is 11.2 Å². The summed E-state index contributed by atoms with van der Waals surface area (Å²) in [6.07, 6.45) is 4.71. The van der Waals surface area contributed by atoms with Crippen LogP contribution in [0.1, 0.15) is 25.0 Å². The van der Waals surface area contributed by atoms with Gasteiger partial charge in [-0.3, -0.25) is 0 Å². The molecule has 8 nitrogen and oxygen atoms in total. The smallest absolute Gasteiger partial charge is 0.225 e. The zero-order chi connectivity index (χ0) is 17.7. The fourth-order valence-electron chi connectivity index (χ4n) is 3.60. The zero-order valence-electron chi connectivity index (χ0n) is 14.4. The maximum Gasteiger partial charge on any atom is 0.225 e. The number of hydrogen-bond acceptors (Lipinski definition) is 7. The number of aryl methyl sites for hydroxylation is 1. The minimum atomic E-state index is 0.258. The van der Waals surface area contributed by atoms with Gasteiger partial charge in [0.1, 0.15) is 11.3 Å². The molecule has 1 fully saturated rings. The summed E-state index contributed by atoms with van der Waals surface area (Å²) in [6.45, 7) is 1.94. The third kappa shape index (κ3) is 2.59. The number of nitrogens with two attached hydrogens (primary N) is 1. The lowest BCUT2D eigenvalue weighted by molar-refractivity contribution is 0.578. The van der Waals surface area contributed by atoms with Crippen LogP contribution in [0.15, 0.2) is 34.9 Å². The first kappa shape index (κ1) is 15.3. The lowest BCUT2D eigenvalue weighted by atomic mass is 10.2. The molecule has 0 aliphatic heterocycles. The van der Waals surface area contributed by atoms with Crippen LogP contribution in [0.25, 0.3) is 27.8 Å². The van der Waals surface area contributed by atoms with Crippen LogP contribution in [0.2, 0.25) is 0 Å². The van der Waals surface area contributed by atoms with Crippen molar-refractivity contribution in [3.8, 4) is 5.69 Å². The Morgan fingerprint density at radius 1 is 1.27 bits per heavy atom. The highest BCUT2D eigenvalue weighted by atomic mass is 16.3. The minimum Gasteiger partial charge on any atom is -0.461 e. The number of nitrogens with zero attached hydrogens (tertiary/aromatic N) is 5. The average Bonchev–Trinajstić information content (AvgIpc) is 3.31. The van der Waals surface area contributed by atoms with E-state index in [0.717, 1.165) is 41.7 Å². The van der Waals surface area contributed by atoms with E-state index in [1.165, 1.54) is 0 Å². The lowest BCUT2D eigenvalue weighted by Crippen LogP contribution is -2.21. The molecule has 4 aromatic rings. The topological polar surface area (TPSA) is 108 Å². The van der Waals surface area contributed by atoms with Crippen molar-refractivity contribution < 1.29 is 4.42 Å². The van der Waals surface area contributed by atoms with E-state index in [2.05, 4.69) is 25.6 Å². The number of benzene rings is 1. The third-order valence-electron chi connectivity index (χ3n) is 4.87. The molecule has 0 amide bonds. The molecule has 0 saturated heterocycles. The summed E-state index contributed by atoms with van der Waals surface area (Å²) in [5, 5.41) is 12.8. The van der Waals surface area contributed by atoms with E-state index in [1.54, 1.807) is 10.9 Å². The standard InChI is InChI=1S/C18H19N7O/c1-10-6-11-7-14(4-5-16(11)26-10)25-17-15(23-24-25)9-20-18(22-17)21-13-3-2-12(19)8-13/h4-7,9,12-13H,2-3,8,19H2,1H3,(H,20,21,22)/t12-,13-/m1/s1. The first-order valence-corrected chi connectivity index (χ1v) is 8.77. The van der Waals surface area contributed by atoms with Gasteiger partial charge in [0, 0.05) is 17.5 Å². The van der Waals surface area contributed by atoms with Crippen LogP contribution in [0.3, 0.4) is 0 Å². The molecule has 0 unspecified atom stereocenters. The van der Waals surface area contributed by atoms with Crippen LogP contribution < -0.4 is 11.1 Å². The predicted octanol–water partition coefficient (Wildman–Crippen LogP) is 2.56. The molecule has 2 atom stereocenters. The Morgan fingerprint density at radius 3 is 3.04 bits per heavy atom. The predicted molar refractivity (Wildman–Crippen MR) is 98.2 cm³/mol. The Bertz CT molecular complexity index is 1100. The Morgan fingerprint density at radius 2 is 2.19 bits per heavy atom. The van der Waals surface area contributed by atoms with Crippen molar-refractivity contribution in [3.63, 3.8) is 0 Å². The molecule has 1 saturated carbocycles. The number of nitrogens with one attached hydrogen (secondary N) is 1. The summed E-state index contributed by atoms with van der Waals surface area (Å²) in [7, 11) is 0.